The number of thioether (sulfide) groups is 1. The number of carbonyl (C=O) groups is 3. The molecule has 7 nitrogen and oxygen atoms in total. The minimum atomic E-state index is -0.868. The van der Waals surface area contributed by atoms with E-state index in [1.54, 1.807) is 16.7 Å². The van der Waals surface area contributed by atoms with Gasteiger partial charge in [-0.1, -0.05) is 45.1 Å². The number of aliphatic hydroxyl groups excluding tert-OH is 1. The highest BCUT2D eigenvalue weighted by molar-refractivity contribution is 8.02. The Morgan fingerprint density at radius 1 is 1.06 bits per heavy atom. The lowest BCUT2D eigenvalue weighted by atomic mass is 9.74. The summed E-state index contributed by atoms with van der Waals surface area (Å²) in [6.07, 6.45) is 9.66. The van der Waals surface area contributed by atoms with E-state index in [1.807, 2.05) is 36.6 Å². The topological polar surface area (TPSA) is 81.2 Å². The predicted molar refractivity (Wildman–Crippen MR) is 143 cm³/mol. The summed E-state index contributed by atoms with van der Waals surface area (Å²) in [7, 11) is 0. The molecule has 4 aliphatic heterocycles. The fourth-order valence-electron chi connectivity index (χ4n) is 6.80. The van der Waals surface area contributed by atoms with Gasteiger partial charge in [0.05, 0.1) is 29.2 Å². The molecule has 0 radical (unpaired) electrons. The minimum absolute atomic E-state index is 0.00476. The number of amides is 3. The van der Waals surface area contributed by atoms with Crippen LogP contribution in [0.5, 0.6) is 0 Å². The summed E-state index contributed by atoms with van der Waals surface area (Å²) in [5.74, 6) is -1.26. The molecular weight excluding hydrogens is 474 g/mol. The van der Waals surface area contributed by atoms with E-state index in [0.29, 0.717) is 26.1 Å². The molecule has 6 atom stereocenters. The summed E-state index contributed by atoms with van der Waals surface area (Å²) in [6.45, 7) is 15.7. The molecule has 0 aliphatic carbocycles. The highest BCUT2D eigenvalue weighted by atomic mass is 32.2. The van der Waals surface area contributed by atoms with Crippen molar-refractivity contribution in [3.63, 3.8) is 0 Å². The van der Waals surface area contributed by atoms with Gasteiger partial charge in [0.15, 0.2) is 0 Å². The van der Waals surface area contributed by atoms with Crippen molar-refractivity contribution in [3.05, 3.63) is 24.3 Å². The van der Waals surface area contributed by atoms with Crippen LogP contribution in [0.2, 0.25) is 0 Å². The van der Waals surface area contributed by atoms with Crippen LogP contribution >= 0.6 is 11.8 Å². The van der Waals surface area contributed by atoms with Crippen LogP contribution in [-0.4, -0.2) is 90.9 Å². The first-order chi connectivity index (χ1) is 16.8. The highest BCUT2D eigenvalue weighted by Crippen LogP contribution is 2.66. The van der Waals surface area contributed by atoms with E-state index >= 15 is 0 Å². The summed E-state index contributed by atoms with van der Waals surface area (Å²) < 4.78 is -1.47. The van der Waals surface area contributed by atoms with Crippen molar-refractivity contribution in [3.8, 4) is 0 Å². The number of carbonyl (C=O) groups excluding carboxylic acids is 3. The van der Waals surface area contributed by atoms with Gasteiger partial charge in [-0.15, -0.1) is 11.8 Å². The van der Waals surface area contributed by atoms with E-state index in [-0.39, 0.29) is 30.2 Å². The molecule has 8 heteroatoms. The van der Waals surface area contributed by atoms with E-state index in [0.717, 1.165) is 6.42 Å². The van der Waals surface area contributed by atoms with E-state index in [2.05, 4.69) is 45.9 Å². The predicted octanol–water partition coefficient (Wildman–Crippen LogP) is 3.09. The highest BCUT2D eigenvalue weighted by Gasteiger charge is 2.74. The summed E-state index contributed by atoms with van der Waals surface area (Å²) in [4.78, 5) is 48.3. The van der Waals surface area contributed by atoms with Gasteiger partial charge in [0.25, 0.3) is 0 Å². The Morgan fingerprint density at radius 3 is 2.31 bits per heavy atom. The third-order valence-corrected chi connectivity index (χ3v) is 10.0. The van der Waals surface area contributed by atoms with Crippen LogP contribution in [0, 0.1) is 17.8 Å². The lowest BCUT2D eigenvalue weighted by Crippen LogP contribution is -2.59. The molecule has 1 spiro atoms. The smallest absolute Gasteiger partial charge is 0.247 e. The molecule has 4 aliphatic rings. The Bertz CT molecular complexity index is 972. The molecule has 0 bridgehead atoms. The zero-order chi connectivity index (χ0) is 26.6. The molecule has 36 heavy (non-hydrogen) atoms. The third kappa shape index (κ3) is 4.12. The number of nitrogens with zero attached hydrogens (tertiary/aromatic N) is 3. The number of likely N-dealkylation sites (tertiary alicyclic amines) is 1. The maximum atomic E-state index is 14.5. The molecule has 1 unspecified atom stereocenters. The minimum Gasteiger partial charge on any atom is -0.394 e. The van der Waals surface area contributed by atoms with Crippen LogP contribution in [0.1, 0.15) is 61.3 Å². The number of hydrogen-bond acceptors (Lipinski definition) is 5. The molecular formula is C28H43N3O4S. The van der Waals surface area contributed by atoms with Crippen LogP contribution < -0.4 is 0 Å². The molecule has 1 N–H and O–H groups in total. The van der Waals surface area contributed by atoms with Gasteiger partial charge in [-0.05, 0) is 46.5 Å². The average Bonchev–Trinajstić information content (AvgIpc) is 3.05. The zero-order valence-electron chi connectivity index (χ0n) is 22.9. The standard InChI is InChI=1S/C28H43N3O4S/c1-8-13-29-14-9-11-27(7)20(23(29)33)21-24(34)31(19(17-32)16-18(2)3)22-25(35)30(26(4,5)6)15-10-12-28(21,22)36-27/h9-12,18-22,32H,8,13-17H2,1-7H3/t19-,20-,21+,22?,27+,28+/m1/s1. The second-order valence-corrected chi connectivity index (χ2v) is 14.2. The molecule has 0 saturated carbocycles. The Hall–Kier alpha value is -1.80. The van der Waals surface area contributed by atoms with Crippen molar-refractivity contribution in [2.24, 2.45) is 17.8 Å². The van der Waals surface area contributed by atoms with Gasteiger partial charge < -0.3 is 19.8 Å². The van der Waals surface area contributed by atoms with Crippen molar-refractivity contribution < 1.29 is 19.5 Å². The van der Waals surface area contributed by atoms with Crippen LogP contribution in [0.3, 0.4) is 0 Å². The van der Waals surface area contributed by atoms with Crippen LogP contribution in [0.25, 0.3) is 0 Å². The van der Waals surface area contributed by atoms with Gasteiger partial charge in [-0.25, -0.2) is 0 Å². The maximum Gasteiger partial charge on any atom is 0.247 e. The molecule has 0 aromatic rings. The molecule has 2 saturated heterocycles. The zero-order valence-corrected chi connectivity index (χ0v) is 23.7. The summed E-state index contributed by atoms with van der Waals surface area (Å²) in [5, 5.41) is 10.4. The molecule has 200 valence electrons. The van der Waals surface area contributed by atoms with Crippen LogP contribution in [0.4, 0.5) is 0 Å². The quantitative estimate of drug-likeness (QED) is 0.548. The molecule has 4 heterocycles. The van der Waals surface area contributed by atoms with Gasteiger partial charge in [-0.2, -0.15) is 0 Å². The van der Waals surface area contributed by atoms with Gasteiger partial charge >= 0.3 is 0 Å². The Labute approximate surface area is 220 Å². The van der Waals surface area contributed by atoms with Gasteiger partial charge in [0.1, 0.15) is 6.04 Å². The van der Waals surface area contributed by atoms with Crippen molar-refractivity contribution in [1.82, 2.24) is 14.7 Å². The second kappa shape index (κ2) is 9.50. The maximum absolute atomic E-state index is 14.5. The Balaban J connectivity index is 1.91. The van der Waals surface area contributed by atoms with Crippen molar-refractivity contribution in [2.45, 2.75) is 88.4 Å². The largest absolute Gasteiger partial charge is 0.394 e. The van der Waals surface area contributed by atoms with Crippen LogP contribution in [0.15, 0.2) is 24.3 Å². The first-order valence-electron chi connectivity index (χ1n) is 13.4. The lowest BCUT2D eigenvalue weighted by Gasteiger charge is -2.43. The fourth-order valence-corrected chi connectivity index (χ4v) is 8.94. The molecule has 2 fully saturated rings. The van der Waals surface area contributed by atoms with E-state index in [4.69, 9.17) is 0 Å². The SMILES string of the molecule is CCCN1CC=C[C@]2(C)S[C@]34C=CCN(C(C)(C)C)C(=O)C3N([C@@H](CO)CC(C)C)C(=O)[C@@H]4[C@@H]2C1=O. The Morgan fingerprint density at radius 2 is 1.72 bits per heavy atom. The van der Waals surface area contributed by atoms with Gasteiger partial charge in [-0.3, -0.25) is 14.4 Å². The first-order valence-corrected chi connectivity index (χ1v) is 14.2. The summed E-state index contributed by atoms with van der Waals surface area (Å²) in [6, 6.07) is -1.24. The number of fused-ring (bicyclic) bond motifs is 2. The number of aliphatic hydroxyl groups is 1. The summed E-state index contributed by atoms with van der Waals surface area (Å²) >= 11 is 1.61. The Kier molecular flexibility index (Phi) is 7.19. The average molecular weight is 518 g/mol. The number of hydrogen-bond donors (Lipinski definition) is 1. The van der Waals surface area contributed by atoms with E-state index in [1.165, 1.54) is 0 Å². The van der Waals surface area contributed by atoms with E-state index < -0.39 is 39.0 Å². The van der Waals surface area contributed by atoms with Gasteiger partial charge in [0, 0.05) is 29.9 Å². The lowest BCUT2D eigenvalue weighted by molar-refractivity contribution is -0.149. The normalized spacial score (nSPS) is 35.2. The van der Waals surface area contributed by atoms with Crippen molar-refractivity contribution in [1.29, 1.82) is 0 Å². The monoisotopic (exact) mass is 517 g/mol. The molecule has 3 amide bonds. The van der Waals surface area contributed by atoms with Crippen molar-refractivity contribution >= 4 is 29.5 Å². The van der Waals surface area contributed by atoms with E-state index in [9.17, 15) is 19.5 Å². The van der Waals surface area contributed by atoms with Crippen molar-refractivity contribution in [2.75, 3.05) is 26.2 Å². The summed E-state index contributed by atoms with van der Waals surface area (Å²) in [5.41, 5.74) is -0.433. The third-order valence-electron chi connectivity index (χ3n) is 8.23. The molecule has 0 aromatic carbocycles. The molecule has 0 aromatic heterocycles. The van der Waals surface area contributed by atoms with Crippen LogP contribution in [-0.2, 0) is 14.4 Å². The number of rotatable bonds is 6. The first kappa shape index (κ1) is 27.2. The second-order valence-electron chi connectivity index (χ2n) is 12.4. The fraction of sp³-hybridized carbons (Fsp3) is 0.750. The van der Waals surface area contributed by atoms with Gasteiger partial charge in [0.2, 0.25) is 17.7 Å². The molecule has 4 rings (SSSR count).